The Labute approximate surface area is 355 Å². The number of allylic oxidation sites excluding steroid dienone is 4. The van der Waals surface area contributed by atoms with Crippen molar-refractivity contribution in [2.45, 2.75) is 249 Å². The number of carbonyl (C=O) groups excluding carboxylic acids is 2. The van der Waals surface area contributed by atoms with Gasteiger partial charge in [0.15, 0.2) is 11.6 Å². The molecule has 6 heteroatoms. The summed E-state index contributed by atoms with van der Waals surface area (Å²) in [7, 11) is 0. The third-order valence-electron chi connectivity index (χ3n) is 13.2. The van der Waals surface area contributed by atoms with E-state index in [1.807, 2.05) is 0 Å². The van der Waals surface area contributed by atoms with Crippen LogP contribution in [0.2, 0.25) is 0 Å². The fourth-order valence-corrected chi connectivity index (χ4v) is 10.2. The first kappa shape index (κ1) is 48.8. The van der Waals surface area contributed by atoms with Crippen molar-refractivity contribution in [3.8, 4) is 0 Å². The van der Waals surface area contributed by atoms with Crippen molar-refractivity contribution in [2.75, 3.05) is 0 Å². The molecule has 4 unspecified atom stereocenters. The van der Waals surface area contributed by atoms with E-state index in [1.165, 1.54) is 0 Å². The van der Waals surface area contributed by atoms with Gasteiger partial charge < -0.3 is 9.47 Å². The number of ether oxygens (including phenoxy) is 2. The molecule has 2 aliphatic heterocycles. The molecule has 0 N–H and O–H groups in total. The lowest BCUT2D eigenvalue weighted by Gasteiger charge is -2.39. The average molecular weight is 807 g/mol. The Kier molecular flexibility index (Phi) is 16.0. The number of fused-ring (bicyclic) bond motifs is 2. The molecule has 2 fully saturated rings. The second kappa shape index (κ2) is 19.0. The molecule has 0 saturated carbocycles. The first-order valence-corrected chi connectivity index (χ1v) is 23.6. The number of carbonyl (C=O) groups is 2. The zero-order valence-electron chi connectivity index (χ0n) is 40.2. The van der Waals surface area contributed by atoms with Crippen molar-refractivity contribution < 1.29 is 28.8 Å². The number of hydrogen-bond donors (Lipinski definition) is 0. The van der Waals surface area contributed by atoms with Gasteiger partial charge in [0.25, 0.3) is 0 Å². The highest BCUT2D eigenvalue weighted by atomic mass is 17.2. The molecule has 0 aromatic carbocycles. The van der Waals surface area contributed by atoms with Crippen LogP contribution in [0.1, 0.15) is 214 Å². The van der Waals surface area contributed by atoms with Gasteiger partial charge in [0.1, 0.15) is 35.6 Å². The Morgan fingerprint density at radius 1 is 0.466 bits per heavy atom. The molecule has 4 aliphatic rings. The molecule has 0 aromatic heterocycles. The minimum Gasteiger partial charge on any atom is -0.360 e. The molecule has 0 amide bonds. The first-order valence-electron chi connectivity index (χ1n) is 23.6. The van der Waals surface area contributed by atoms with Crippen LogP contribution >= 0.6 is 0 Å². The van der Waals surface area contributed by atoms with E-state index >= 15 is 0 Å². The molecule has 0 bridgehead atoms. The molecule has 2 heterocycles. The fraction of sp³-hybridized carbons (Fsp3) is 0.808. The maximum atomic E-state index is 14.8. The number of rotatable bonds is 19. The van der Waals surface area contributed by atoms with Gasteiger partial charge in [-0.05, 0) is 59.5 Å². The van der Waals surface area contributed by atoms with E-state index in [9.17, 15) is 9.59 Å². The number of hydrogen-bond acceptors (Lipinski definition) is 6. The van der Waals surface area contributed by atoms with Crippen molar-refractivity contribution >= 4 is 11.6 Å². The predicted octanol–water partition coefficient (Wildman–Crippen LogP) is 14.1. The van der Waals surface area contributed by atoms with Gasteiger partial charge in [-0.15, -0.1) is 0 Å². The highest BCUT2D eigenvalue weighted by Gasteiger charge is 2.60. The van der Waals surface area contributed by atoms with E-state index in [2.05, 4.69) is 123 Å². The fourth-order valence-electron chi connectivity index (χ4n) is 10.2. The van der Waals surface area contributed by atoms with E-state index in [4.69, 9.17) is 19.2 Å². The summed E-state index contributed by atoms with van der Waals surface area (Å²) in [4.78, 5) is 44.1. The lowest BCUT2D eigenvalue weighted by Crippen LogP contribution is -2.47. The van der Waals surface area contributed by atoms with Crippen molar-refractivity contribution in [3.05, 3.63) is 45.6 Å². The minimum absolute atomic E-state index is 0.0922. The molecule has 0 spiro atoms. The highest BCUT2D eigenvalue weighted by Crippen LogP contribution is 2.55. The molecule has 0 radical (unpaired) electrons. The number of Topliss-reactive ketones (excluding diaryl/α,β-unsaturated/α-hetero) is 2. The van der Waals surface area contributed by atoms with Crippen LogP contribution in [0.3, 0.4) is 0 Å². The third kappa shape index (κ3) is 10.4. The van der Waals surface area contributed by atoms with Crippen LogP contribution in [0.5, 0.6) is 0 Å². The summed E-state index contributed by atoms with van der Waals surface area (Å²) in [5.74, 6) is 0.184. The molecule has 2 aliphatic carbocycles. The molecule has 4 rings (SSSR count). The molecular formula is C52H86O6. The second-order valence-electron chi connectivity index (χ2n) is 22.5. The van der Waals surface area contributed by atoms with Crippen molar-refractivity contribution in [1.82, 2.24) is 0 Å². The average Bonchev–Trinajstić information content (AvgIpc) is 3.56. The SMILES string of the molecule is CCCCCC1(CCCCC)OC2C=C(C(C)(C)C)C(=O)C(C(C)(C)C)=C2C1OOC1C2=C(C(C)(C)C)C(=O)C(C(C)(C)C)=CC2OC1(CCCCC)CCCCC. The Hall–Kier alpha value is -1.86. The van der Waals surface area contributed by atoms with Crippen LogP contribution in [-0.4, -0.2) is 47.2 Å². The predicted molar refractivity (Wildman–Crippen MR) is 240 cm³/mol. The molecule has 58 heavy (non-hydrogen) atoms. The zero-order valence-corrected chi connectivity index (χ0v) is 40.2. The van der Waals surface area contributed by atoms with Gasteiger partial charge in [-0.2, -0.15) is 0 Å². The Morgan fingerprint density at radius 3 is 0.966 bits per heavy atom. The minimum atomic E-state index is -0.681. The van der Waals surface area contributed by atoms with Gasteiger partial charge in [-0.1, -0.05) is 188 Å². The molecule has 330 valence electrons. The summed E-state index contributed by atoms with van der Waals surface area (Å²) in [5, 5.41) is 0. The maximum Gasteiger partial charge on any atom is 0.186 e. The monoisotopic (exact) mass is 807 g/mol. The van der Waals surface area contributed by atoms with Crippen molar-refractivity contribution in [3.63, 3.8) is 0 Å². The van der Waals surface area contributed by atoms with Crippen LogP contribution in [0, 0.1) is 21.7 Å². The van der Waals surface area contributed by atoms with Crippen molar-refractivity contribution in [2.24, 2.45) is 21.7 Å². The van der Waals surface area contributed by atoms with Crippen molar-refractivity contribution in [1.29, 1.82) is 0 Å². The van der Waals surface area contributed by atoms with Gasteiger partial charge in [0, 0.05) is 33.4 Å². The van der Waals surface area contributed by atoms with Crippen LogP contribution < -0.4 is 0 Å². The summed E-state index contributed by atoms with van der Waals surface area (Å²) in [6.45, 7) is 34.6. The lowest BCUT2D eigenvalue weighted by atomic mass is 9.68. The largest absolute Gasteiger partial charge is 0.360 e. The maximum absolute atomic E-state index is 14.8. The molecule has 2 saturated heterocycles. The lowest BCUT2D eigenvalue weighted by molar-refractivity contribution is -0.370. The van der Waals surface area contributed by atoms with E-state index in [-0.39, 0.29) is 34.6 Å². The summed E-state index contributed by atoms with van der Waals surface area (Å²) < 4.78 is 14.9. The van der Waals surface area contributed by atoms with Gasteiger partial charge in [0.2, 0.25) is 0 Å². The van der Waals surface area contributed by atoms with Crippen LogP contribution in [0.25, 0.3) is 0 Å². The Balaban J connectivity index is 2.01. The number of unbranched alkanes of at least 4 members (excludes halogenated alkanes) is 8. The normalized spacial score (nSPS) is 25.0. The summed E-state index contributed by atoms with van der Waals surface area (Å²) in [6, 6.07) is 0. The van der Waals surface area contributed by atoms with E-state index in [0.29, 0.717) is 0 Å². The van der Waals surface area contributed by atoms with Crippen LogP contribution in [0.4, 0.5) is 0 Å². The Morgan fingerprint density at radius 2 is 0.741 bits per heavy atom. The Bertz CT molecular complexity index is 1440. The number of ketones is 2. The van der Waals surface area contributed by atoms with Crippen LogP contribution in [-0.2, 0) is 28.8 Å². The topological polar surface area (TPSA) is 71.1 Å². The van der Waals surface area contributed by atoms with E-state index < -0.39 is 34.2 Å². The highest BCUT2D eigenvalue weighted by molar-refractivity contribution is 6.12. The van der Waals surface area contributed by atoms with Crippen LogP contribution in [0.15, 0.2) is 45.6 Å². The summed E-state index contributed by atoms with van der Waals surface area (Å²) in [6.07, 6.45) is 18.3. The quantitative estimate of drug-likeness (QED) is 0.0735. The van der Waals surface area contributed by atoms with Gasteiger partial charge in [-0.3, -0.25) is 9.59 Å². The standard InChI is InChI=1S/C52H86O6/c1-17-21-25-29-51(30-26-22-18-2)45(39-37(55-51)33-35(47(5,6)7)43(53)41(39)49(11,12)13)57-58-46-40-38(56-52(46,31-27-23-19-3)32-28-24-20-4)34-36(48(8,9)10)44(54)42(40)50(14,15)16/h33-34,37-38,45-46H,17-32H2,1-16H3. The molecular weight excluding hydrogens is 721 g/mol. The van der Waals surface area contributed by atoms with E-state index in [1.54, 1.807) is 0 Å². The van der Waals surface area contributed by atoms with Gasteiger partial charge >= 0.3 is 0 Å². The second-order valence-corrected chi connectivity index (χ2v) is 22.5. The molecule has 0 aromatic rings. The first-order chi connectivity index (χ1) is 26.9. The van der Waals surface area contributed by atoms with Gasteiger partial charge in [-0.25, -0.2) is 9.78 Å². The smallest absolute Gasteiger partial charge is 0.186 e. The summed E-state index contributed by atoms with van der Waals surface area (Å²) >= 11 is 0. The summed E-state index contributed by atoms with van der Waals surface area (Å²) in [5.41, 5.74) is 2.09. The third-order valence-corrected chi connectivity index (χ3v) is 13.2. The van der Waals surface area contributed by atoms with E-state index in [0.717, 1.165) is 136 Å². The molecule has 4 atom stereocenters. The molecule has 6 nitrogen and oxygen atoms in total. The van der Waals surface area contributed by atoms with Gasteiger partial charge in [0.05, 0.1) is 0 Å². The zero-order chi connectivity index (χ0) is 43.5.